The number of aliphatic hydroxyl groups is 2. The molecule has 0 radical (unpaired) electrons. The molecule has 0 spiro atoms. The normalized spacial score (nSPS) is 23.1. The minimum Gasteiger partial charge on any atom is -0.497 e. The number of ether oxygens (including phenoxy) is 1. The van der Waals surface area contributed by atoms with Gasteiger partial charge in [0.2, 0.25) is 5.91 Å². The maximum absolute atomic E-state index is 12.9. The molecule has 5 N–H and O–H groups in total. The highest BCUT2D eigenvalue weighted by Gasteiger charge is 2.44. The molecule has 1 fully saturated rings. The summed E-state index contributed by atoms with van der Waals surface area (Å²) in [6.45, 7) is -0.184. The summed E-state index contributed by atoms with van der Waals surface area (Å²) in [5, 5.41) is 24.0. The first-order valence-corrected chi connectivity index (χ1v) is 11.2. The van der Waals surface area contributed by atoms with E-state index in [1.54, 1.807) is 18.0 Å². The standard InChI is InChI=1S/C23H31N7O4/c1-29(2)21-19-22(26-11-25-21)30(12-27-19)17-9-14(10-31)18(20(17)32)28-23(33)16(24)8-13-4-6-15(34-3)7-5-13/h4-7,11-12,14,16-18,20,31-32H,8-10,24H2,1-3H3,(H,28,33)/t14-,16?,17-,18-,20+/m0/s1. The van der Waals surface area contributed by atoms with Crippen LogP contribution in [0.3, 0.4) is 0 Å². The van der Waals surface area contributed by atoms with Crippen LogP contribution < -0.4 is 20.7 Å². The van der Waals surface area contributed by atoms with Gasteiger partial charge in [-0.2, -0.15) is 0 Å². The first-order valence-electron chi connectivity index (χ1n) is 11.2. The van der Waals surface area contributed by atoms with E-state index >= 15 is 0 Å². The van der Waals surface area contributed by atoms with E-state index in [1.165, 1.54) is 6.33 Å². The molecule has 11 heteroatoms. The van der Waals surface area contributed by atoms with Gasteiger partial charge in [0, 0.05) is 26.6 Å². The molecule has 4 rings (SSSR count). The van der Waals surface area contributed by atoms with Gasteiger partial charge in [-0.05, 0) is 30.5 Å². The molecule has 1 aromatic carbocycles. The van der Waals surface area contributed by atoms with E-state index in [0.717, 1.165) is 11.3 Å². The van der Waals surface area contributed by atoms with Gasteiger partial charge in [-0.25, -0.2) is 15.0 Å². The van der Waals surface area contributed by atoms with Crippen LogP contribution in [0.4, 0.5) is 5.82 Å². The van der Waals surface area contributed by atoms with Gasteiger partial charge >= 0.3 is 0 Å². The molecule has 2 aromatic heterocycles. The number of aromatic nitrogens is 4. The number of amides is 1. The molecular formula is C23H31N7O4. The Morgan fingerprint density at radius 1 is 1.29 bits per heavy atom. The molecule has 1 amide bonds. The third kappa shape index (κ3) is 4.54. The SMILES string of the molecule is COc1ccc(CC(N)C(=O)N[C@H]2[C@H](CO)C[C@H](n3cnc4c(N(C)C)ncnc43)[C@H]2O)cc1. The van der Waals surface area contributed by atoms with Gasteiger partial charge in [-0.15, -0.1) is 0 Å². The fourth-order valence-electron chi connectivity index (χ4n) is 4.57. The Morgan fingerprint density at radius 3 is 2.68 bits per heavy atom. The lowest BCUT2D eigenvalue weighted by Gasteiger charge is -2.25. The summed E-state index contributed by atoms with van der Waals surface area (Å²) in [4.78, 5) is 27.8. The van der Waals surface area contributed by atoms with Crippen LogP contribution in [-0.4, -0.2) is 81.6 Å². The lowest BCUT2D eigenvalue weighted by molar-refractivity contribution is -0.124. The Labute approximate surface area is 197 Å². The zero-order chi connectivity index (χ0) is 24.4. The Kier molecular flexibility index (Phi) is 6.96. The average molecular weight is 470 g/mol. The van der Waals surface area contributed by atoms with Gasteiger partial charge < -0.3 is 35.5 Å². The number of imidazole rings is 1. The van der Waals surface area contributed by atoms with Gasteiger partial charge in [0.05, 0.1) is 37.7 Å². The molecule has 0 saturated heterocycles. The van der Waals surface area contributed by atoms with Crippen molar-refractivity contribution in [3.63, 3.8) is 0 Å². The number of nitrogens with zero attached hydrogens (tertiary/aromatic N) is 5. The zero-order valence-electron chi connectivity index (χ0n) is 19.5. The monoisotopic (exact) mass is 469 g/mol. The number of anilines is 1. The van der Waals surface area contributed by atoms with Crippen molar-refractivity contribution < 1.29 is 19.7 Å². The summed E-state index contributed by atoms with van der Waals surface area (Å²) in [6.07, 6.45) is 2.90. The number of nitrogens with one attached hydrogen (secondary N) is 1. The van der Waals surface area contributed by atoms with Crippen LogP contribution >= 0.6 is 0 Å². The second kappa shape index (κ2) is 9.92. The highest BCUT2D eigenvalue weighted by atomic mass is 16.5. The van der Waals surface area contributed by atoms with E-state index in [4.69, 9.17) is 10.5 Å². The third-order valence-corrected chi connectivity index (χ3v) is 6.43. The van der Waals surface area contributed by atoms with Crippen molar-refractivity contribution in [3.05, 3.63) is 42.5 Å². The second-order valence-electron chi connectivity index (χ2n) is 8.85. The first-order chi connectivity index (χ1) is 16.3. The molecule has 5 atom stereocenters. The highest BCUT2D eigenvalue weighted by Crippen LogP contribution is 2.37. The topological polar surface area (TPSA) is 152 Å². The Hall–Kier alpha value is -3.28. The molecule has 0 bridgehead atoms. The molecule has 11 nitrogen and oxygen atoms in total. The Bertz CT molecular complexity index is 1130. The number of carbonyl (C=O) groups excluding carboxylic acids is 1. The largest absolute Gasteiger partial charge is 0.497 e. The smallest absolute Gasteiger partial charge is 0.237 e. The lowest BCUT2D eigenvalue weighted by atomic mass is 10.0. The number of carbonyl (C=O) groups is 1. The lowest BCUT2D eigenvalue weighted by Crippen LogP contribution is -2.52. The third-order valence-electron chi connectivity index (χ3n) is 6.43. The summed E-state index contributed by atoms with van der Waals surface area (Å²) in [5.74, 6) is 0.670. The van der Waals surface area contributed by atoms with Crippen LogP contribution in [0, 0.1) is 5.92 Å². The van der Waals surface area contributed by atoms with Crippen molar-refractivity contribution in [2.24, 2.45) is 11.7 Å². The number of methoxy groups -OCH3 is 1. The van der Waals surface area contributed by atoms with E-state index in [0.29, 0.717) is 29.8 Å². The quantitative estimate of drug-likeness (QED) is 0.353. The van der Waals surface area contributed by atoms with Crippen molar-refractivity contribution in [1.29, 1.82) is 0 Å². The van der Waals surface area contributed by atoms with E-state index < -0.39 is 24.2 Å². The minimum atomic E-state index is -0.954. The van der Waals surface area contributed by atoms with E-state index in [1.807, 2.05) is 43.3 Å². The Morgan fingerprint density at radius 2 is 2.03 bits per heavy atom. The molecule has 34 heavy (non-hydrogen) atoms. The van der Waals surface area contributed by atoms with Gasteiger partial charge in [-0.3, -0.25) is 4.79 Å². The number of hydrogen-bond donors (Lipinski definition) is 4. The minimum absolute atomic E-state index is 0.184. The molecule has 2 heterocycles. The van der Waals surface area contributed by atoms with Gasteiger partial charge in [-0.1, -0.05) is 12.1 Å². The Balaban J connectivity index is 1.49. The summed E-state index contributed by atoms with van der Waals surface area (Å²) >= 11 is 0. The number of rotatable bonds is 8. The van der Waals surface area contributed by atoms with Crippen molar-refractivity contribution in [2.45, 2.75) is 37.1 Å². The molecule has 1 aliphatic rings. The van der Waals surface area contributed by atoms with Crippen molar-refractivity contribution in [2.75, 3.05) is 32.7 Å². The molecule has 0 aliphatic heterocycles. The number of aliphatic hydroxyl groups excluding tert-OH is 2. The van der Waals surface area contributed by atoms with Crippen LogP contribution in [0.2, 0.25) is 0 Å². The molecule has 3 aromatic rings. The highest BCUT2D eigenvalue weighted by molar-refractivity contribution is 5.83. The predicted octanol–water partition coefficient (Wildman–Crippen LogP) is -0.130. The van der Waals surface area contributed by atoms with E-state index in [2.05, 4.69) is 20.3 Å². The van der Waals surface area contributed by atoms with Crippen molar-refractivity contribution in [1.82, 2.24) is 24.8 Å². The number of nitrogens with two attached hydrogens (primary N) is 1. The van der Waals surface area contributed by atoms with Gasteiger partial charge in [0.25, 0.3) is 0 Å². The first kappa shape index (κ1) is 23.9. The molecule has 1 saturated carbocycles. The summed E-state index contributed by atoms with van der Waals surface area (Å²) < 4.78 is 6.95. The molecule has 1 unspecified atom stereocenters. The van der Waals surface area contributed by atoms with Crippen LogP contribution in [0.1, 0.15) is 18.0 Å². The van der Waals surface area contributed by atoms with Crippen LogP contribution in [0.15, 0.2) is 36.9 Å². The summed E-state index contributed by atoms with van der Waals surface area (Å²) in [6, 6.07) is 5.46. The maximum Gasteiger partial charge on any atom is 0.237 e. The second-order valence-corrected chi connectivity index (χ2v) is 8.85. The van der Waals surface area contributed by atoms with E-state index in [-0.39, 0.29) is 18.4 Å². The van der Waals surface area contributed by atoms with Crippen LogP contribution in [0.5, 0.6) is 5.75 Å². The maximum atomic E-state index is 12.9. The molecular weight excluding hydrogens is 438 g/mol. The average Bonchev–Trinajstić information content (AvgIpc) is 3.40. The summed E-state index contributed by atoms with van der Waals surface area (Å²) in [7, 11) is 5.33. The predicted molar refractivity (Wildman–Crippen MR) is 126 cm³/mol. The van der Waals surface area contributed by atoms with Gasteiger partial charge in [0.15, 0.2) is 17.0 Å². The van der Waals surface area contributed by atoms with E-state index in [9.17, 15) is 15.0 Å². The molecule has 1 aliphatic carbocycles. The van der Waals surface area contributed by atoms with Gasteiger partial charge in [0.1, 0.15) is 12.1 Å². The van der Waals surface area contributed by atoms with Crippen LogP contribution in [-0.2, 0) is 11.2 Å². The van der Waals surface area contributed by atoms with Crippen LogP contribution in [0.25, 0.3) is 11.2 Å². The fourth-order valence-corrected chi connectivity index (χ4v) is 4.57. The number of hydrogen-bond acceptors (Lipinski definition) is 9. The molecule has 182 valence electrons. The van der Waals surface area contributed by atoms with Crippen molar-refractivity contribution >= 4 is 22.9 Å². The number of fused-ring (bicyclic) bond motifs is 1. The summed E-state index contributed by atoms with van der Waals surface area (Å²) in [5.41, 5.74) is 8.26. The number of benzene rings is 1. The van der Waals surface area contributed by atoms with Crippen molar-refractivity contribution in [3.8, 4) is 5.75 Å². The fraction of sp³-hybridized carbons (Fsp3) is 0.478. The zero-order valence-corrected chi connectivity index (χ0v) is 19.5.